The van der Waals surface area contributed by atoms with Crippen LogP contribution in [0.3, 0.4) is 0 Å². The third-order valence-electron chi connectivity index (χ3n) is 4.36. The molecule has 1 saturated heterocycles. The Morgan fingerprint density at radius 2 is 2.21 bits per heavy atom. The van der Waals surface area contributed by atoms with Gasteiger partial charge in [0.05, 0.1) is 12.6 Å². The van der Waals surface area contributed by atoms with E-state index >= 15 is 0 Å². The van der Waals surface area contributed by atoms with Crippen LogP contribution in [0.1, 0.15) is 23.2 Å². The number of carbonyl (C=O) groups excluding carboxylic acids is 1. The summed E-state index contributed by atoms with van der Waals surface area (Å²) in [7, 11) is 0. The Labute approximate surface area is 139 Å². The number of hydrogen-bond acceptors (Lipinski definition) is 4. The van der Waals surface area contributed by atoms with E-state index in [9.17, 15) is 4.79 Å². The van der Waals surface area contributed by atoms with Gasteiger partial charge in [0, 0.05) is 43.1 Å². The molecule has 0 bridgehead atoms. The molecule has 0 aliphatic carbocycles. The molecular weight excluding hydrogens is 304 g/mol. The molecule has 0 spiro atoms. The minimum Gasteiger partial charge on any atom is -0.334 e. The second-order valence-electron chi connectivity index (χ2n) is 5.90. The van der Waals surface area contributed by atoms with Gasteiger partial charge in [0.25, 0.3) is 5.91 Å². The molecule has 1 aliphatic heterocycles. The number of hydrogen-bond donors (Lipinski definition) is 0. The average Bonchev–Trinajstić information content (AvgIpc) is 3.37. The van der Waals surface area contributed by atoms with Gasteiger partial charge in [-0.25, -0.2) is 9.97 Å². The highest BCUT2D eigenvalue weighted by Crippen LogP contribution is 2.22. The fraction of sp³-hybridized carbons (Fsp3) is 0.294. The van der Waals surface area contributed by atoms with Crippen LogP contribution in [0.15, 0.2) is 55.5 Å². The van der Waals surface area contributed by atoms with Gasteiger partial charge in [0.2, 0.25) is 0 Å². The number of pyridine rings is 1. The van der Waals surface area contributed by atoms with Crippen LogP contribution in [0.5, 0.6) is 0 Å². The van der Waals surface area contributed by atoms with Crippen LogP contribution in [0, 0.1) is 0 Å². The van der Waals surface area contributed by atoms with Crippen molar-refractivity contribution in [1.82, 2.24) is 29.2 Å². The lowest BCUT2D eigenvalue weighted by molar-refractivity contribution is 0.0721. The molecule has 1 atom stereocenters. The number of rotatable bonds is 4. The average molecular weight is 322 g/mol. The second kappa shape index (κ2) is 6.27. The van der Waals surface area contributed by atoms with E-state index in [-0.39, 0.29) is 11.9 Å². The molecule has 7 heteroatoms. The van der Waals surface area contributed by atoms with Gasteiger partial charge in [0.1, 0.15) is 12.1 Å². The van der Waals surface area contributed by atoms with Crippen molar-refractivity contribution in [2.75, 3.05) is 6.54 Å². The zero-order chi connectivity index (χ0) is 16.4. The molecule has 0 radical (unpaired) electrons. The van der Waals surface area contributed by atoms with Gasteiger partial charge in [-0.3, -0.25) is 14.0 Å². The Morgan fingerprint density at radius 1 is 1.25 bits per heavy atom. The molecule has 4 rings (SSSR count). The minimum atomic E-state index is 0.0495. The Morgan fingerprint density at radius 3 is 3.00 bits per heavy atom. The maximum absolute atomic E-state index is 13.0. The van der Waals surface area contributed by atoms with Crippen LogP contribution >= 0.6 is 0 Å². The van der Waals surface area contributed by atoms with E-state index in [4.69, 9.17) is 0 Å². The Hall–Kier alpha value is -2.96. The van der Waals surface area contributed by atoms with Crippen molar-refractivity contribution in [2.45, 2.75) is 25.4 Å². The number of imidazole rings is 1. The fourth-order valence-electron chi connectivity index (χ4n) is 3.17. The highest BCUT2D eigenvalue weighted by Gasteiger charge is 2.30. The van der Waals surface area contributed by atoms with E-state index in [1.54, 1.807) is 35.6 Å². The van der Waals surface area contributed by atoms with E-state index in [1.165, 1.54) is 0 Å². The van der Waals surface area contributed by atoms with E-state index < -0.39 is 0 Å². The predicted octanol–water partition coefficient (Wildman–Crippen LogP) is 1.77. The molecule has 0 aromatic carbocycles. The van der Waals surface area contributed by atoms with Gasteiger partial charge in [0.15, 0.2) is 0 Å². The molecule has 4 heterocycles. The van der Waals surface area contributed by atoms with Crippen molar-refractivity contribution < 1.29 is 4.79 Å². The van der Waals surface area contributed by atoms with Gasteiger partial charge in [-0.05, 0) is 31.0 Å². The van der Waals surface area contributed by atoms with E-state index in [0.29, 0.717) is 11.4 Å². The first-order valence-corrected chi connectivity index (χ1v) is 8.04. The zero-order valence-corrected chi connectivity index (χ0v) is 13.2. The number of aromatic nitrogens is 5. The SMILES string of the molecule is O=C(c1ccnc(-n2ccnc2)c1)N1CCCC1Cn1cccn1. The molecular formula is C17H18N6O. The standard InChI is InChI=1S/C17H18N6O/c24-17(14-4-6-19-16(11-14)21-10-7-18-13-21)23-9-1-3-15(23)12-22-8-2-5-20-22/h2,4-8,10-11,13,15H,1,3,9,12H2. The quantitative estimate of drug-likeness (QED) is 0.734. The van der Waals surface area contributed by atoms with Crippen molar-refractivity contribution in [3.05, 3.63) is 61.1 Å². The third-order valence-corrected chi connectivity index (χ3v) is 4.36. The predicted molar refractivity (Wildman–Crippen MR) is 87.6 cm³/mol. The number of carbonyl (C=O) groups is 1. The fourth-order valence-corrected chi connectivity index (χ4v) is 3.17. The smallest absolute Gasteiger partial charge is 0.254 e. The molecule has 0 N–H and O–H groups in total. The molecule has 1 fully saturated rings. The third kappa shape index (κ3) is 2.80. The van der Waals surface area contributed by atoms with Crippen LogP contribution in [-0.2, 0) is 6.54 Å². The van der Waals surface area contributed by atoms with Crippen molar-refractivity contribution in [3.8, 4) is 5.82 Å². The van der Waals surface area contributed by atoms with Crippen molar-refractivity contribution in [3.63, 3.8) is 0 Å². The normalized spacial score (nSPS) is 17.3. The largest absolute Gasteiger partial charge is 0.334 e. The molecule has 1 amide bonds. The van der Waals surface area contributed by atoms with E-state index in [1.807, 2.05) is 34.1 Å². The Kier molecular flexibility index (Phi) is 3.82. The lowest BCUT2D eigenvalue weighted by atomic mass is 10.2. The van der Waals surface area contributed by atoms with Crippen LogP contribution in [-0.4, -0.2) is 47.7 Å². The van der Waals surface area contributed by atoms with E-state index in [0.717, 1.165) is 25.9 Å². The van der Waals surface area contributed by atoms with E-state index in [2.05, 4.69) is 15.1 Å². The summed E-state index contributed by atoms with van der Waals surface area (Å²) >= 11 is 0. The van der Waals surface area contributed by atoms with Crippen molar-refractivity contribution >= 4 is 5.91 Å². The summed E-state index contributed by atoms with van der Waals surface area (Å²) in [5.74, 6) is 0.745. The molecule has 24 heavy (non-hydrogen) atoms. The highest BCUT2D eigenvalue weighted by molar-refractivity contribution is 5.94. The molecule has 1 aliphatic rings. The Balaban J connectivity index is 1.55. The number of likely N-dealkylation sites (tertiary alicyclic amines) is 1. The molecule has 1 unspecified atom stereocenters. The van der Waals surface area contributed by atoms with Crippen LogP contribution in [0.25, 0.3) is 5.82 Å². The first-order valence-electron chi connectivity index (χ1n) is 8.04. The Bertz CT molecular complexity index is 811. The molecule has 7 nitrogen and oxygen atoms in total. The van der Waals surface area contributed by atoms with Crippen molar-refractivity contribution in [1.29, 1.82) is 0 Å². The monoisotopic (exact) mass is 322 g/mol. The summed E-state index contributed by atoms with van der Waals surface area (Å²) in [6, 6.07) is 5.67. The summed E-state index contributed by atoms with van der Waals surface area (Å²) in [6.45, 7) is 1.52. The van der Waals surface area contributed by atoms with Crippen molar-refractivity contribution in [2.24, 2.45) is 0 Å². The van der Waals surface area contributed by atoms with Crippen LogP contribution in [0.2, 0.25) is 0 Å². The second-order valence-corrected chi connectivity index (χ2v) is 5.90. The van der Waals surface area contributed by atoms with Gasteiger partial charge in [-0.2, -0.15) is 5.10 Å². The lowest BCUT2D eigenvalue weighted by Crippen LogP contribution is -2.38. The molecule has 3 aromatic heterocycles. The number of amides is 1. The molecule has 0 saturated carbocycles. The van der Waals surface area contributed by atoms with Gasteiger partial charge < -0.3 is 4.90 Å². The zero-order valence-electron chi connectivity index (χ0n) is 13.2. The summed E-state index contributed by atoms with van der Waals surface area (Å²) < 4.78 is 3.68. The van der Waals surface area contributed by atoms with Crippen LogP contribution < -0.4 is 0 Å². The summed E-state index contributed by atoms with van der Waals surface area (Å²) in [5, 5.41) is 4.25. The van der Waals surface area contributed by atoms with Gasteiger partial charge in [-0.15, -0.1) is 0 Å². The minimum absolute atomic E-state index is 0.0495. The molecule has 3 aromatic rings. The lowest BCUT2D eigenvalue weighted by Gasteiger charge is -2.25. The maximum atomic E-state index is 13.0. The van der Waals surface area contributed by atoms with Gasteiger partial charge in [-0.1, -0.05) is 0 Å². The van der Waals surface area contributed by atoms with Gasteiger partial charge >= 0.3 is 0 Å². The maximum Gasteiger partial charge on any atom is 0.254 e. The first-order chi connectivity index (χ1) is 11.8. The van der Waals surface area contributed by atoms with Crippen LogP contribution in [0.4, 0.5) is 0 Å². The number of nitrogens with zero attached hydrogens (tertiary/aromatic N) is 6. The summed E-state index contributed by atoms with van der Waals surface area (Å²) in [4.78, 5) is 23.2. The summed E-state index contributed by atoms with van der Waals surface area (Å²) in [6.07, 6.45) is 12.6. The topological polar surface area (TPSA) is 68.8 Å². The summed E-state index contributed by atoms with van der Waals surface area (Å²) in [5.41, 5.74) is 0.654. The highest BCUT2D eigenvalue weighted by atomic mass is 16.2. The molecule has 122 valence electrons. The first kappa shape index (κ1) is 14.6.